The third-order valence-corrected chi connectivity index (χ3v) is 6.54. The van der Waals surface area contributed by atoms with Crippen molar-refractivity contribution in [2.45, 2.75) is 17.7 Å². The second-order valence-electron chi connectivity index (χ2n) is 6.44. The molecule has 0 aromatic heterocycles. The first kappa shape index (κ1) is 20.8. The van der Waals surface area contributed by atoms with Gasteiger partial charge >= 0.3 is 0 Å². The number of hydrogen-bond donors (Lipinski definition) is 1. The van der Waals surface area contributed by atoms with Crippen molar-refractivity contribution in [3.8, 4) is 11.5 Å². The molecule has 1 fully saturated rings. The van der Waals surface area contributed by atoms with Crippen molar-refractivity contribution in [2.75, 3.05) is 27.3 Å². The van der Waals surface area contributed by atoms with E-state index in [-0.39, 0.29) is 4.90 Å². The Kier molecular flexibility index (Phi) is 6.50. The third-order valence-electron chi connectivity index (χ3n) is 4.63. The number of benzene rings is 2. The highest BCUT2D eigenvalue weighted by Crippen LogP contribution is 2.23. The number of ether oxygens (including phenoxy) is 2. The highest BCUT2D eigenvalue weighted by atomic mass is 32.2. The van der Waals surface area contributed by atoms with Gasteiger partial charge in [-0.25, -0.2) is 13.8 Å². The molecule has 154 valence electrons. The normalized spacial score (nSPS) is 14.8. The fourth-order valence-corrected chi connectivity index (χ4v) is 4.52. The lowest BCUT2D eigenvalue weighted by atomic mass is 10.2. The maximum atomic E-state index is 12.5. The molecule has 1 saturated heterocycles. The zero-order valence-corrected chi connectivity index (χ0v) is 17.1. The van der Waals surface area contributed by atoms with Crippen molar-refractivity contribution in [3.63, 3.8) is 0 Å². The van der Waals surface area contributed by atoms with Crippen LogP contribution in [0.4, 0.5) is 0 Å². The smallest absolute Gasteiger partial charge is 0.271 e. The summed E-state index contributed by atoms with van der Waals surface area (Å²) in [5, 5.41) is 3.94. The van der Waals surface area contributed by atoms with Crippen LogP contribution in [0.5, 0.6) is 11.5 Å². The van der Waals surface area contributed by atoms with Gasteiger partial charge in [-0.1, -0.05) is 0 Å². The van der Waals surface area contributed by atoms with E-state index in [0.29, 0.717) is 35.7 Å². The van der Waals surface area contributed by atoms with Gasteiger partial charge in [-0.3, -0.25) is 4.79 Å². The molecule has 2 aromatic rings. The summed E-state index contributed by atoms with van der Waals surface area (Å²) >= 11 is 0. The van der Waals surface area contributed by atoms with Crippen LogP contribution in [0.15, 0.2) is 52.5 Å². The summed E-state index contributed by atoms with van der Waals surface area (Å²) in [6, 6.07) is 11.1. The van der Waals surface area contributed by atoms with Crippen LogP contribution in [0.25, 0.3) is 0 Å². The first-order chi connectivity index (χ1) is 14.0. The predicted molar refractivity (Wildman–Crippen MR) is 109 cm³/mol. The summed E-state index contributed by atoms with van der Waals surface area (Å²) in [5.74, 6) is 0.754. The molecule has 1 aliphatic heterocycles. The van der Waals surface area contributed by atoms with Crippen LogP contribution in [0.1, 0.15) is 28.8 Å². The summed E-state index contributed by atoms with van der Waals surface area (Å²) in [6.07, 6.45) is 3.20. The van der Waals surface area contributed by atoms with Crippen LogP contribution >= 0.6 is 0 Å². The van der Waals surface area contributed by atoms with E-state index < -0.39 is 15.9 Å². The Balaban J connectivity index is 1.66. The number of nitrogens with one attached hydrogen (secondary N) is 1. The molecule has 0 radical (unpaired) electrons. The van der Waals surface area contributed by atoms with E-state index >= 15 is 0 Å². The van der Waals surface area contributed by atoms with Gasteiger partial charge in [-0.2, -0.15) is 9.41 Å². The summed E-state index contributed by atoms with van der Waals surface area (Å²) in [6.45, 7) is 1.07. The average molecular weight is 417 g/mol. The Morgan fingerprint density at radius 3 is 2.38 bits per heavy atom. The predicted octanol–water partition coefficient (Wildman–Crippen LogP) is 2.25. The molecule has 0 spiro atoms. The van der Waals surface area contributed by atoms with Crippen LogP contribution in [0, 0.1) is 0 Å². The van der Waals surface area contributed by atoms with Crippen molar-refractivity contribution < 1.29 is 22.7 Å². The summed E-state index contributed by atoms with van der Waals surface area (Å²) in [7, 11) is -0.410. The second-order valence-corrected chi connectivity index (χ2v) is 8.38. The molecule has 1 amide bonds. The Morgan fingerprint density at radius 2 is 1.76 bits per heavy atom. The summed E-state index contributed by atoms with van der Waals surface area (Å²) in [5.41, 5.74) is 3.40. The first-order valence-corrected chi connectivity index (χ1v) is 10.6. The van der Waals surface area contributed by atoms with Crippen molar-refractivity contribution in [1.29, 1.82) is 0 Å². The molecule has 1 N–H and O–H groups in total. The number of methoxy groups -OCH3 is 2. The highest BCUT2D eigenvalue weighted by Gasteiger charge is 2.27. The number of hydrogen-bond acceptors (Lipinski definition) is 6. The van der Waals surface area contributed by atoms with E-state index in [1.165, 1.54) is 41.9 Å². The van der Waals surface area contributed by atoms with Crippen LogP contribution in [-0.4, -0.2) is 52.2 Å². The first-order valence-electron chi connectivity index (χ1n) is 9.11. The number of hydrazone groups is 1. The molecular weight excluding hydrogens is 394 g/mol. The molecule has 0 atom stereocenters. The average Bonchev–Trinajstić information content (AvgIpc) is 3.29. The van der Waals surface area contributed by atoms with Gasteiger partial charge < -0.3 is 9.47 Å². The number of carbonyl (C=O) groups is 1. The van der Waals surface area contributed by atoms with Gasteiger partial charge in [0.1, 0.15) is 11.5 Å². The second kappa shape index (κ2) is 9.06. The molecule has 0 bridgehead atoms. The van der Waals surface area contributed by atoms with Gasteiger partial charge in [0.15, 0.2) is 0 Å². The third kappa shape index (κ3) is 4.75. The highest BCUT2D eigenvalue weighted by molar-refractivity contribution is 7.89. The van der Waals surface area contributed by atoms with Gasteiger partial charge in [0.05, 0.1) is 25.3 Å². The molecule has 8 nitrogen and oxygen atoms in total. The molecule has 29 heavy (non-hydrogen) atoms. The van der Waals surface area contributed by atoms with Crippen LogP contribution < -0.4 is 14.9 Å². The maximum Gasteiger partial charge on any atom is 0.271 e. The van der Waals surface area contributed by atoms with Crippen LogP contribution in [-0.2, 0) is 10.0 Å². The molecule has 1 aliphatic rings. The Morgan fingerprint density at radius 1 is 1.07 bits per heavy atom. The summed E-state index contributed by atoms with van der Waals surface area (Å²) in [4.78, 5) is 12.5. The molecule has 0 unspecified atom stereocenters. The molecule has 0 aliphatic carbocycles. The minimum absolute atomic E-state index is 0.183. The Hall–Kier alpha value is -2.91. The van der Waals surface area contributed by atoms with E-state index in [9.17, 15) is 13.2 Å². The Bertz CT molecular complexity index is 997. The minimum atomic E-state index is -3.50. The topological polar surface area (TPSA) is 97.3 Å². The lowest BCUT2D eigenvalue weighted by Gasteiger charge is -2.15. The molecule has 2 aromatic carbocycles. The maximum absolute atomic E-state index is 12.5. The number of rotatable bonds is 7. The van der Waals surface area contributed by atoms with E-state index in [4.69, 9.17) is 9.47 Å². The number of amides is 1. The zero-order valence-electron chi connectivity index (χ0n) is 16.3. The molecular formula is C20H23N3O5S. The fraction of sp³-hybridized carbons (Fsp3) is 0.300. The zero-order chi connectivity index (χ0) is 20.9. The number of nitrogens with zero attached hydrogens (tertiary/aromatic N) is 2. The quantitative estimate of drug-likeness (QED) is 0.551. The summed E-state index contributed by atoms with van der Waals surface area (Å²) < 4.78 is 36.9. The van der Waals surface area contributed by atoms with Gasteiger partial charge in [0.25, 0.3) is 5.91 Å². The van der Waals surface area contributed by atoms with Gasteiger partial charge in [0, 0.05) is 30.3 Å². The molecule has 1 heterocycles. The fourth-order valence-electron chi connectivity index (χ4n) is 3.01. The Labute approximate surface area is 170 Å². The van der Waals surface area contributed by atoms with Crippen LogP contribution in [0.3, 0.4) is 0 Å². The van der Waals surface area contributed by atoms with E-state index in [1.54, 1.807) is 25.3 Å². The minimum Gasteiger partial charge on any atom is -0.497 e. The molecule has 9 heteroatoms. The number of carbonyl (C=O) groups excluding carboxylic acids is 1. The SMILES string of the molecule is COc1ccc(/C=N\NC(=O)c2ccc(S(=O)(=O)N3CCCC3)cc2)c(OC)c1. The lowest BCUT2D eigenvalue weighted by Crippen LogP contribution is -2.28. The largest absolute Gasteiger partial charge is 0.497 e. The van der Waals surface area contributed by atoms with Crippen molar-refractivity contribution in [3.05, 3.63) is 53.6 Å². The van der Waals surface area contributed by atoms with Crippen molar-refractivity contribution >= 4 is 22.1 Å². The standard InChI is InChI=1S/C20H23N3O5S/c1-27-17-8-5-16(19(13-17)28-2)14-21-22-20(24)15-6-9-18(10-7-15)29(25,26)23-11-3-4-12-23/h5-10,13-14H,3-4,11-12H2,1-2H3,(H,22,24)/b21-14-. The number of sulfonamides is 1. The van der Waals surface area contributed by atoms with Crippen molar-refractivity contribution in [1.82, 2.24) is 9.73 Å². The molecule has 0 saturated carbocycles. The van der Waals surface area contributed by atoms with Crippen LogP contribution in [0.2, 0.25) is 0 Å². The van der Waals surface area contributed by atoms with Gasteiger partial charge in [-0.05, 0) is 49.2 Å². The monoisotopic (exact) mass is 417 g/mol. The van der Waals surface area contributed by atoms with E-state index in [2.05, 4.69) is 10.5 Å². The van der Waals surface area contributed by atoms with E-state index in [1.807, 2.05) is 0 Å². The van der Waals surface area contributed by atoms with Gasteiger partial charge in [-0.15, -0.1) is 0 Å². The van der Waals surface area contributed by atoms with Crippen molar-refractivity contribution in [2.24, 2.45) is 5.10 Å². The van der Waals surface area contributed by atoms with E-state index in [0.717, 1.165) is 12.8 Å². The van der Waals surface area contributed by atoms with Gasteiger partial charge in [0.2, 0.25) is 10.0 Å². The lowest BCUT2D eigenvalue weighted by molar-refractivity contribution is 0.0955. The molecule has 3 rings (SSSR count).